The van der Waals surface area contributed by atoms with E-state index in [0.717, 1.165) is 5.92 Å². The third kappa shape index (κ3) is 0.658. The average Bonchev–Trinajstić information content (AvgIpc) is 2.43. The van der Waals surface area contributed by atoms with E-state index in [9.17, 15) is 0 Å². The topological polar surface area (TPSA) is 0 Å². The van der Waals surface area contributed by atoms with Crippen molar-refractivity contribution in [2.24, 2.45) is 11.3 Å². The van der Waals surface area contributed by atoms with Gasteiger partial charge in [0.05, 0.1) is 0 Å². The van der Waals surface area contributed by atoms with Crippen LogP contribution in [-0.2, 0) is 0 Å². The molecule has 0 aliphatic heterocycles. The summed E-state index contributed by atoms with van der Waals surface area (Å²) in [6.45, 7) is 4.63. The maximum atomic E-state index is 2.31. The van der Waals surface area contributed by atoms with Gasteiger partial charge in [0.15, 0.2) is 0 Å². The smallest absolute Gasteiger partial charge is 0.00764 e. The molecule has 48 valence electrons. The molecule has 2 aliphatic rings. The van der Waals surface area contributed by atoms with Gasteiger partial charge in [-0.15, -0.1) is 0 Å². The van der Waals surface area contributed by atoms with Gasteiger partial charge in [0.2, 0.25) is 0 Å². The number of rotatable bonds is 0. The first-order valence-electron chi connectivity index (χ1n) is 3.58. The highest BCUT2D eigenvalue weighted by Gasteiger charge is 2.42. The molecule has 1 fully saturated rings. The Morgan fingerprint density at radius 3 is 2.89 bits per heavy atom. The van der Waals surface area contributed by atoms with Crippen LogP contribution in [0.5, 0.6) is 0 Å². The van der Waals surface area contributed by atoms with Crippen molar-refractivity contribution in [3.63, 3.8) is 0 Å². The molecule has 0 heteroatoms. The van der Waals surface area contributed by atoms with Crippen LogP contribution in [0.1, 0.15) is 20.3 Å². The lowest BCUT2D eigenvalue weighted by Crippen LogP contribution is -2.11. The Morgan fingerprint density at radius 2 is 2.33 bits per heavy atom. The van der Waals surface area contributed by atoms with Crippen molar-refractivity contribution in [2.45, 2.75) is 20.3 Å². The molecule has 0 aromatic carbocycles. The van der Waals surface area contributed by atoms with Crippen LogP contribution in [0, 0.1) is 11.3 Å². The number of hydrogen-bond donors (Lipinski definition) is 0. The summed E-state index contributed by atoms with van der Waals surface area (Å²) in [7, 11) is 0. The molecule has 0 heterocycles. The first kappa shape index (κ1) is 5.28. The summed E-state index contributed by atoms with van der Waals surface area (Å²) in [5, 5.41) is 0. The zero-order valence-corrected chi connectivity index (χ0v) is 6.02. The molecule has 0 amide bonds. The van der Waals surface area contributed by atoms with Gasteiger partial charge in [0.25, 0.3) is 0 Å². The second-order valence-corrected chi connectivity index (χ2v) is 3.68. The van der Waals surface area contributed by atoms with Gasteiger partial charge in [-0.1, -0.05) is 37.6 Å². The molecule has 2 rings (SSSR count). The van der Waals surface area contributed by atoms with Crippen LogP contribution in [0.15, 0.2) is 23.8 Å². The van der Waals surface area contributed by atoms with E-state index in [1.165, 1.54) is 6.42 Å². The zero-order chi connectivity index (χ0) is 6.48. The Morgan fingerprint density at radius 1 is 1.56 bits per heavy atom. The first-order valence-corrected chi connectivity index (χ1v) is 3.58. The van der Waals surface area contributed by atoms with Crippen molar-refractivity contribution >= 4 is 0 Å². The third-order valence-corrected chi connectivity index (χ3v) is 2.46. The normalized spacial score (nSPS) is 35.3. The fraction of sp³-hybridized carbons (Fsp3) is 0.556. The Balaban J connectivity index is 2.34. The molecule has 0 radical (unpaired) electrons. The highest BCUT2D eigenvalue weighted by atomic mass is 14.5. The van der Waals surface area contributed by atoms with Crippen LogP contribution in [0.25, 0.3) is 0 Å². The van der Waals surface area contributed by atoms with Crippen molar-refractivity contribution in [1.82, 2.24) is 0 Å². The van der Waals surface area contributed by atoms with Crippen molar-refractivity contribution in [2.75, 3.05) is 0 Å². The van der Waals surface area contributed by atoms with Gasteiger partial charge in [-0.05, 0) is 17.8 Å². The van der Waals surface area contributed by atoms with E-state index < -0.39 is 0 Å². The molecule has 0 nitrogen and oxygen atoms in total. The molecule has 2 aliphatic carbocycles. The SMILES string of the molecule is CC1(C)C=CC=C2CC21. The van der Waals surface area contributed by atoms with Gasteiger partial charge in [-0.3, -0.25) is 0 Å². The molecule has 0 saturated heterocycles. The molecule has 1 saturated carbocycles. The van der Waals surface area contributed by atoms with Crippen molar-refractivity contribution in [1.29, 1.82) is 0 Å². The molecule has 0 aromatic rings. The van der Waals surface area contributed by atoms with E-state index in [4.69, 9.17) is 0 Å². The lowest BCUT2D eigenvalue weighted by Gasteiger charge is -2.20. The molecule has 0 aromatic heterocycles. The van der Waals surface area contributed by atoms with E-state index in [1.807, 2.05) is 0 Å². The minimum atomic E-state index is 0.462. The monoisotopic (exact) mass is 120 g/mol. The molecular formula is C9H12. The van der Waals surface area contributed by atoms with Gasteiger partial charge in [0.1, 0.15) is 0 Å². The van der Waals surface area contributed by atoms with Crippen LogP contribution in [-0.4, -0.2) is 0 Å². The Kier molecular flexibility index (Phi) is 0.769. The van der Waals surface area contributed by atoms with E-state index in [1.54, 1.807) is 5.57 Å². The van der Waals surface area contributed by atoms with E-state index in [2.05, 4.69) is 32.1 Å². The minimum absolute atomic E-state index is 0.462. The average molecular weight is 120 g/mol. The summed E-state index contributed by atoms with van der Waals surface area (Å²) >= 11 is 0. The summed E-state index contributed by atoms with van der Waals surface area (Å²) < 4.78 is 0. The molecular weight excluding hydrogens is 108 g/mol. The number of fused-ring (bicyclic) bond motifs is 1. The van der Waals surface area contributed by atoms with Crippen LogP contribution >= 0.6 is 0 Å². The maximum absolute atomic E-state index is 2.31. The van der Waals surface area contributed by atoms with E-state index >= 15 is 0 Å². The molecule has 0 N–H and O–H groups in total. The van der Waals surface area contributed by atoms with E-state index in [-0.39, 0.29) is 0 Å². The van der Waals surface area contributed by atoms with Crippen molar-refractivity contribution in [3.8, 4) is 0 Å². The highest BCUT2D eigenvalue weighted by molar-refractivity contribution is 5.37. The van der Waals surface area contributed by atoms with Crippen LogP contribution in [0.2, 0.25) is 0 Å². The highest BCUT2D eigenvalue weighted by Crippen LogP contribution is 2.53. The van der Waals surface area contributed by atoms with Gasteiger partial charge < -0.3 is 0 Å². The molecule has 0 bridgehead atoms. The second kappa shape index (κ2) is 1.31. The van der Waals surface area contributed by atoms with Gasteiger partial charge in [0, 0.05) is 0 Å². The Labute approximate surface area is 56.3 Å². The van der Waals surface area contributed by atoms with Crippen LogP contribution in [0.4, 0.5) is 0 Å². The fourth-order valence-corrected chi connectivity index (χ4v) is 1.64. The Bertz CT molecular complexity index is 194. The molecule has 0 spiro atoms. The lowest BCUT2D eigenvalue weighted by atomic mass is 9.85. The van der Waals surface area contributed by atoms with Crippen LogP contribution < -0.4 is 0 Å². The lowest BCUT2D eigenvalue weighted by molar-refractivity contribution is 0.421. The van der Waals surface area contributed by atoms with E-state index in [0.29, 0.717) is 5.41 Å². The van der Waals surface area contributed by atoms with Gasteiger partial charge >= 0.3 is 0 Å². The summed E-state index contributed by atoms with van der Waals surface area (Å²) in [5.41, 5.74) is 2.12. The molecule has 1 unspecified atom stereocenters. The molecule has 9 heavy (non-hydrogen) atoms. The summed E-state index contributed by atoms with van der Waals surface area (Å²) in [6.07, 6.45) is 8.11. The fourth-order valence-electron chi connectivity index (χ4n) is 1.64. The van der Waals surface area contributed by atoms with Gasteiger partial charge in [-0.25, -0.2) is 0 Å². The standard InChI is InChI=1S/C9H12/c1-9(2)5-3-4-7-6-8(7)9/h3-5,8H,6H2,1-2H3. The Hall–Kier alpha value is -0.520. The minimum Gasteiger partial charge on any atom is -0.0783 e. The predicted octanol–water partition coefficient (Wildman–Crippen LogP) is 2.53. The number of allylic oxidation sites excluding steroid dienone is 4. The predicted molar refractivity (Wildman–Crippen MR) is 39.1 cm³/mol. The van der Waals surface area contributed by atoms with Crippen LogP contribution in [0.3, 0.4) is 0 Å². The molecule has 1 atom stereocenters. The summed E-state index contributed by atoms with van der Waals surface area (Å²) in [5.74, 6) is 0.891. The maximum Gasteiger partial charge on any atom is -0.00764 e. The summed E-state index contributed by atoms with van der Waals surface area (Å²) in [6, 6.07) is 0. The van der Waals surface area contributed by atoms with Crippen molar-refractivity contribution in [3.05, 3.63) is 23.8 Å². The summed E-state index contributed by atoms with van der Waals surface area (Å²) in [4.78, 5) is 0. The second-order valence-electron chi connectivity index (χ2n) is 3.68. The zero-order valence-electron chi connectivity index (χ0n) is 6.02. The quantitative estimate of drug-likeness (QED) is 0.461. The first-order chi connectivity index (χ1) is 4.20. The van der Waals surface area contributed by atoms with Gasteiger partial charge in [-0.2, -0.15) is 0 Å². The largest absolute Gasteiger partial charge is 0.0783 e. The van der Waals surface area contributed by atoms with Crippen molar-refractivity contribution < 1.29 is 0 Å². The third-order valence-electron chi connectivity index (χ3n) is 2.46. The number of hydrogen-bond acceptors (Lipinski definition) is 0.